The average molecular weight is 375 g/mol. The lowest BCUT2D eigenvalue weighted by Crippen LogP contribution is -2.09. The first-order valence-corrected chi connectivity index (χ1v) is 8.22. The zero-order valence-electron chi connectivity index (χ0n) is 14.4. The molecule has 140 valence electrons. The monoisotopic (exact) mass is 375 g/mol. The molecule has 4 nitrogen and oxygen atoms in total. The van der Waals surface area contributed by atoms with Crippen LogP contribution in [0.2, 0.25) is 0 Å². The summed E-state index contributed by atoms with van der Waals surface area (Å²) < 4.78 is 44.1. The second-order valence-corrected chi connectivity index (χ2v) is 5.86. The molecule has 0 fully saturated rings. The van der Waals surface area contributed by atoms with E-state index in [0.29, 0.717) is 22.1 Å². The molecule has 1 heterocycles. The Bertz CT molecular complexity index is 999. The number of carbonyl (C=O) groups is 1. The number of esters is 1. The fourth-order valence-corrected chi connectivity index (χ4v) is 2.87. The third-order valence-electron chi connectivity index (χ3n) is 4.09. The number of halogens is 3. The molecule has 0 aliphatic carbocycles. The lowest BCUT2D eigenvalue weighted by atomic mass is 9.94. The van der Waals surface area contributed by atoms with Crippen molar-refractivity contribution in [1.82, 2.24) is 4.98 Å². The van der Waals surface area contributed by atoms with Crippen molar-refractivity contribution in [2.75, 3.05) is 6.61 Å². The topological polar surface area (TPSA) is 59.4 Å². The highest BCUT2D eigenvalue weighted by atomic mass is 19.4. The van der Waals surface area contributed by atoms with E-state index in [9.17, 15) is 23.1 Å². The maximum atomic E-state index is 13.0. The van der Waals surface area contributed by atoms with Gasteiger partial charge in [0.05, 0.1) is 29.9 Å². The zero-order valence-corrected chi connectivity index (χ0v) is 14.4. The van der Waals surface area contributed by atoms with Crippen LogP contribution in [0.15, 0.2) is 48.7 Å². The third kappa shape index (κ3) is 3.78. The Morgan fingerprint density at radius 2 is 1.96 bits per heavy atom. The van der Waals surface area contributed by atoms with Gasteiger partial charge in [-0.3, -0.25) is 4.98 Å². The summed E-state index contributed by atoms with van der Waals surface area (Å²) in [6.45, 7) is 1.61. The van der Waals surface area contributed by atoms with Gasteiger partial charge in [0, 0.05) is 17.1 Å². The normalized spacial score (nSPS) is 11.6. The first-order chi connectivity index (χ1) is 12.8. The molecule has 0 saturated heterocycles. The molecule has 0 atom stereocenters. The zero-order chi connectivity index (χ0) is 19.6. The molecule has 3 aromatic rings. The van der Waals surface area contributed by atoms with Gasteiger partial charge in [0.1, 0.15) is 0 Å². The second kappa shape index (κ2) is 7.36. The van der Waals surface area contributed by atoms with Gasteiger partial charge < -0.3 is 9.84 Å². The molecular formula is C20H16F3NO3. The number of alkyl halides is 3. The van der Waals surface area contributed by atoms with Gasteiger partial charge in [-0.25, -0.2) is 4.79 Å². The summed E-state index contributed by atoms with van der Waals surface area (Å²) in [7, 11) is 0. The standard InChI is InChI=1S/C20H16F3NO3/c1-2-27-19(26)16-10-24-17-9-14(20(21,22)23)6-7-15(17)18(16)13-5-3-4-12(8-13)11-25/h3-10,25H,2,11H2,1H3. The van der Waals surface area contributed by atoms with Crippen LogP contribution >= 0.6 is 0 Å². The van der Waals surface area contributed by atoms with Crippen LogP contribution in [0.4, 0.5) is 13.2 Å². The van der Waals surface area contributed by atoms with Gasteiger partial charge >= 0.3 is 12.1 Å². The molecule has 0 bridgehead atoms. The van der Waals surface area contributed by atoms with Gasteiger partial charge in [-0.1, -0.05) is 24.3 Å². The van der Waals surface area contributed by atoms with E-state index in [1.807, 2.05) is 0 Å². The van der Waals surface area contributed by atoms with Crippen molar-refractivity contribution in [3.8, 4) is 11.1 Å². The quantitative estimate of drug-likeness (QED) is 0.678. The fourth-order valence-electron chi connectivity index (χ4n) is 2.87. The maximum absolute atomic E-state index is 13.0. The van der Waals surface area contributed by atoms with Crippen molar-refractivity contribution >= 4 is 16.9 Å². The number of rotatable bonds is 4. The minimum Gasteiger partial charge on any atom is -0.462 e. The van der Waals surface area contributed by atoms with E-state index in [2.05, 4.69) is 4.98 Å². The first kappa shape index (κ1) is 18.8. The number of aliphatic hydroxyl groups excluding tert-OH is 1. The summed E-state index contributed by atoms with van der Waals surface area (Å²) in [5, 5.41) is 9.77. The lowest BCUT2D eigenvalue weighted by molar-refractivity contribution is -0.137. The highest BCUT2D eigenvalue weighted by Gasteiger charge is 2.31. The predicted octanol–water partition coefficient (Wildman–Crippen LogP) is 4.59. The number of carbonyl (C=O) groups excluding carboxylic acids is 1. The number of ether oxygens (including phenoxy) is 1. The number of aliphatic hydroxyl groups is 1. The van der Waals surface area contributed by atoms with E-state index in [1.165, 1.54) is 12.3 Å². The summed E-state index contributed by atoms with van der Waals surface area (Å²) >= 11 is 0. The van der Waals surface area contributed by atoms with Crippen LogP contribution in [-0.2, 0) is 17.5 Å². The van der Waals surface area contributed by atoms with Crippen LogP contribution in [0.5, 0.6) is 0 Å². The number of hydrogen-bond donors (Lipinski definition) is 1. The van der Waals surface area contributed by atoms with E-state index < -0.39 is 17.7 Å². The Labute approximate surface area is 153 Å². The van der Waals surface area contributed by atoms with Crippen LogP contribution < -0.4 is 0 Å². The van der Waals surface area contributed by atoms with Crippen LogP contribution in [0, 0.1) is 0 Å². The predicted molar refractivity (Wildman–Crippen MR) is 94.1 cm³/mol. The van der Waals surface area contributed by atoms with E-state index in [0.717, 1.165) is 12.1 Å². The Morgan fingerprint density at radius 1 is 1.19 bits per heavy atom. The van der Waals surface area contributed by atoms with Gasteiger partial charge in [0.2, 0.25) is 0 Å². The Kier molecular flexibility index (Phi) is 5.14. The molecule has 0 radical (unpaired) electrons. The van der Waals surface area contributed by atoms with Gasteiger partial charge in [-0.2, -0.15) is 13.2 Å². The largest absolute Gasteiger partial charge is 0.462 e. The molecule has 0 aliphatic heterocycles. The van der Waals surface area contributed by atoms with Crippen molar-refractivity contribution in [3.05, 3.63) is 65.4 Å². The van der Waals surface area contributed by atoms with E-state index in [4.69, 9.17) is 4.74 Å². The summed E-state index contributed by atoms with van der Waals surface area (Å²) in [5.41, 5.74) is 1.06. The maximum Gasteiger partial charge on any atom is 0.416 e. The van der Waals surface area contributed by atoms with Crippen molar-refractivity contribution in [2.24, 2.45) is 0 Å². The number of hydrogen-bond acceptors (Lipinski definition) is 4. The molecule has 1 N–H and O–H groups in total. The van der Waals surface area contributed by atoms with Crippen LogP contribution in [0.3, 0.4) is 0 Å². The molecule has 0 aliphatic rings. The molecule has 0 saturated carbocycles. The SMILES string of the molecule is CCOC(=O)c1cnc2cc(C(F)(F)F)ccc2c1-c1cccc(CO)c1. The summed E-state index contributed by atoms with van der Waals surface area (Å²) in [4.78, 5) is 16.4. The summed E-state index contributed by atoms with van der Waals surface area (Å²) in [6, 6.07) is 10.0. The van der Waals surface area contributed by atoms with Crippen molar-refractivity contribution in [1.29, 1.82) is 0 Å². The molecular weight excluding hydrogens is 359 g/mol. The number of benzene rings is 2. The molecule has 2 aromatic carbocycles. The Hall–Kier alpha value is -2.93. The van der Waals surface area contributed by atoms with Crippen LogP contribution in [-0.4, -0.2) is 22.7 Å². The minimum atomic E-state index is -4.49. The van der Waals surface area contributed by atoms with Gasteiger partial charge in [0.25, 0.3) is 0 Å². The van der Waals surface area contributed by atoms with Crippen LogP contribution in [0.25, 0.3) is 22.0 Å². The molecule has 0 amide bonds. The van der Waals surface area contributed by atoms with Crippen LogP contribution in [0.1, 0.15) is 28.4 Å². The third-order valence-corrected chi connectivity index (χ3v) is 4.09. The fraction of sp³-hybridized carbons (Fsp3) is 0.200. The van der Waals surface area contributed by atoms with Crippen molar-refractivity contribution < 1.29 is 27.8 Å². The summed E-state index contributed by atoms with van der Waals surface area (Å²) in [5.74, 6) is -0.615. The number of nitrogens with zero attached hydrogens (tertiary/aromatic N) is 1. The second-order valence-electron chi connectivity index (χ2n) is 5.86. The van der Waals surface area contributed by atoms with E-state index in [1.54, 1.807) is 31.2 Å². The number of fused-ring (bicyclic) bond motifs is 1. The minimum absolute atomic E-state index is 0.113. The Morgan fingerprint density at radius 3 is 2.63 bits per heavy atom. The van der Waals surface area contributed by atoms with Crippen molar-refractivity contribution in [3.63, 3.8) is 0 Å². The highest BCUT2D eigenvalue weighted by Crippen LogP contribution is 2.36. The highest BCUT2D eigenvalue weighted by molar-refractivity contribution is 6.06. The molecule has 3 rings (SSSR count). The molecule has 0 unspecified atom stereocenters. The number of aromatic nitrogens is 1. The smallest absolute Gasteiger partial charge is 0.416 e. The average Bonchev–Trinajstić information content (AvgIpc) is 2.66. The molecule has 1 aromatic heterocycles. The first-order valence-electron chi connectivity index (χ1n) is 8.22. The van der Waals surface area contributed by atoms with E-state index >= 15 is 0 Å². The van der Waals surface area contributed by atoms with Gasteiger partial charge in [-0.15, -0.1) is 0 Å². The van der Waals surface area contributed by atoms with Gasteiger partial charge in [0.15, 0.2) is 0 Å². The molecule has 7 heteroatoms. The molecule has 0 spiro atoms. The lowest BCUT2D eigenvalue weighted by Gasteiger charge is -2.14. The molecule has 27 heavy (non-hydrogen) atoms. The van der Waals surface area contributed by atoms with Gasteiger partial charge in [-0.05, 0) is 36.2 Å². The summed E-state index contributed by atoms with van der Waals surface area (Å²) in [6.07, 6.45) is -3.27. The van der Waals surface area contributed by atoms with E-state index in [-0.39, 0.29) is 24.3 Å². The van der Waals surface area contributed by atoms with Crippen molar-refractivity contribution in [2.45, 2.75) is 19.7 Å². The Balaban J connectivity index is 2.30. The number of pyridine rings is 1.